The van der Waals surface area contributed by atoms with Gasteiger partial charge in [0, 0.05) is 35.9 Å². The number of carbonyl (C=O) groups is 1. The number of urea groups is 1. The maximum absolute atomic E-state index is 15.0. The predicted molar refractivity (Wildman–Crippen MR) is 157 cm³/mol. The molecule has 1 saturated heterocycles. The molecule has 0 radical (unpaired) electrons. The van der Waals surface area contributed by atoms with E-state index in [2.05, 4.69) is 25.7 Å². The zero-order valence-electron chi connectivity index (χ0n) is 23.1. The van der Waals surface area contributed by atoms with Gasteiger partial charge in [0.25, 0.3) is 0 Å². The second kappa shape index (κ2) is 13.7. The number of nitrogens with zero attached hydrogens (tertiary/aromatic N) is 3. The van der Waals surface area contributed by atoms with Crippen LogP contribution in [0.15, 0.2) is 72.0 Å². The van der Waals surface area contributed by atoms with Crippen molar-refractivity contribution in [2.24, 2.45) is 5.10 Å². The normalized spacial score (nSPS) is 13.4. The molecule has 2 amide bonds. The lowest BCUT2D eigenvalue weighted by molar-refractivity contribution is 0.252. The number of methoxy groups -OCH3 is 1. The molecule has 1 aromatic heterocycles. The lowest BCUT2D eigenvalue weighted by Crippen LogP contribution is -2.24. The molecule has 5 rings (SSSR count). The molecule has 218 valence electrons. The highest BCUT2D eigenvalue weighted by atomic mass is 19.1. The summed E-state index contributed by atoms with van der Waals surface area (Å²) in [5.41, 5.74) is 3.68. The molecule has 42 heavy (non-hydrogen) atoms. The van der Waals surface area contributed by atoms with Crippen LogP contribution in [0.25, 0.3) is 10.9 Å². The molecule has 0 saturated carbocycles. The van der Waals surface area contributed by atoms with Crippen molar-refractivity contribution in [3.8, 4) is 23.0 Å². The number of likely N-dealkylation sites (tertiary alicyclic amines) is 1. The zero-order chi connectivity index (χ0) is 29.3. The maximum Gasteiger partial charge on any atom is 0.339 e. The Labute approximate surface area is 242 Å². The number of hydrazone groups is 1. The fraction of sp³-hybridized carbons (Fsp3) is 0.258. The minimum Gasteiger partial charge on any atom is -0.493 e. The van der Waals surface area contributed by atoms with Gasteiger partial charge in [0.1, 0.15) is 11.6 Å². The Balaban J connectivity index is 1.21. The molecule has 1 aliphatic heterocycles. The SMILES string of the molecule is COc1cc2c(Oc3ccc(NC(=O)N/N=C/c4ccc(F)cc4)cc3F)ccnc2cc1OCCCN1CCCC1. The van der Waals surface area contributed by atoms with Crippen LogP contribution in [0.2, 0.25) is 0 Å². The highest BCUT2D eigenvalue weighted by Gasteiger charge is 2.15. The van der Waals surface area contributed by atoms with Crippen molar-refractivity contribution in [1.82, 2.24) is 15.3 Å². The summed E-state index contributed by atoms with van der Waals surface area (Å²) in [5, 5.41) is 6.91. The van der Waals surface area contributed by atoms with Crippen molar-refractivity contribution >= 4 is 28.8 Å². The number of benzene rings is 3. The lowest BCUT2D eigenvalue weighted by atomic mass is 10.1. The van der Waals surface area contributed by atoms with E-state index < -0.39 is 11.8 Å². The summed E-state index contributed by atoms with van der Waals surface area (Å²) in [7, 11) is 1.56. The summed E-state index contributed by atoms with van der Waals surface area (Å²) in [6.07, 6.45) is 6.36. The summed E-state index contributed by atoms with van der Waals surface area (Å²) < 4.78 is 45.4. The molecule has 0 bridgehead atoms. The van der Waals surface area contributed by atoms with E-state index in [1.165, 1.54) is 55.5 Å². The van der Waals surface area contributed by atoms with Gasteiger partial charge in [-0.3, -0.25) is 4.98 Å². The molecule has 3 aromatic carbocycles. The second-order valence-electron chi connectivity index (χ2n) is 9.70. The predicted octanol–water partition coefficient (Wildman–Crippen LogP) is 6.33. The van der Waals surface area contributed by atoms with E-state index in [1.807, 2.05) is 0 Å². The van der Waals surface area contributed by atoms with Crippen LogP contribution in [0, 0.1) is 11.6 Å². The first-order valence-corrected chi connectivity index (χ1v) is 13.6. The fourth-order valence-corrected chi connectivity index (χ4v) is 4.62. The molecule has 0 aliphatic carbocycles. The van der Waals surface area contributed by atoms with Crippen molar-refractivity contribution in [1.29, 1.82) is 0 Å². The number of pyridine rings is 1. The van der Waals surface area contributed by atoms with Crippen LogP contribution in [-0.4, -0.2) is 55.5 Å². The van der Waals surface area contributed by atoms with Gasteiger partial charge in [-0.15, -0.1) is 0 Å². The molecular formula is C31H31F2N5O4. The van der Waals surface area contributed by atoms with E-state index in [0.717, 1.165) is 32.1 Å². The van der Waals surface area contributed by atoms with E-state index in [-0.39, 0.29) is 17.3 Å². The molecule has 9 nitrogen and oxygen atoms in total. The Kier molecular flexibility index (Phi) is 9.40. The molecule has 0 spiro atoms. The van der Waals surface area contributed by atoms with Crippen molar-refractivity contribution in [2.75, 3.05) is 38.7 Å². The van der Waals surface area contributed by atoms with E-state index in [9.17, 15) is 13.6 Å². The number of hydrogen-bond acceptors (Lipinski definition) is 7. The number of nitrogens with one attached hydrogen (secondary N) is 2. The smallest absolute Gasteiger partial charge is 0.339 e. The Bertz CT molecular complexity index is 1560. The van der Waals surface area contributed by atoms with E-state index >= 15 is 0 Å². The Hall–Kier alpha value is -4.77. The number of rotatable bonds is 11. The van der Waals surface area contributed by atoms with Crippen LogP contribution in [0.1, 0.15) is 24.8 Å². The summed E-state index contributed by atoms with van der Waals surface area (Å²) in [6, 6.07) is 14.1. The molecule has 4 aromatic rings. The van der Waals surface area contributed by atoms with Gasteiger partial charge in [-0.05, 0) is 74.3 Å². The second-order valence-corrected chi connectivity index (χ2v) is 9.70. The Morgan fingerprint density at radius 1 is 1.00 bits per heavy atom. The fourth-order valence-electron chi connectivity index (χ4n) is 4.62. The third-order valence-electron chi connectivity index (χ3n) is 6.72. The highest BCUT2D eigenvalue weighted by molar-refractivity contribution is 5.91. The number of anilines is 1. The van der Waals surface area contributed by atoms with Crippen LogP contribution in [0.4, 0.5) is 19.3 Å². The molecule has 0 unspecified atom stereocenters. The minimum absolute atomic E-state index is 0.0380. The average molecular weight is 576 g/mol. The van der Waals surface area contributed by atoms with Gasteiger partial charge in [0.05, 0.1) is 25.4 Å². The van der Waals surface area contributed by atoms with Gasteiger partial charge < -0.3 is 24.4 Å². The van der Waals surface area contributed by atoms with E-state index in [1.54, 1.807) is 31.5 Å². The monoisotopic (exact) mass is 575 g/mol. The van der Waals surface area contributed by atoms with Crippen molar-refractivity contribution in [2.45, 2.75) is 19.3 Å². The number of carbonyl (C=O) groups excluding carboxylic acids is 1. The summed E-state index contributed by atoms with van der Waals surface area (Å²) in [5.74, 6) is 0.391. The number of ether oxygens (including phenoxy) is 3. The lowest BCUT2D eigenvalue weighted by Gasteiger charge is -2.16. The van der Waals surface area contributed by atoms with Gasteiger partial charge in [-0.2, -0.15) is 5.10 Å². The summed E-state index contributed by atoms with van der Waals surface area (Å²) in [6.45, 7) is 3.85. The van der Waals surface area contributed by atoms with E-state index in [0.29, 0.717) is 40.3 Å². The maximum atomic E-state index is 15.0. The number of hydrogen-bond donors (Lipinski definition) is 2. The van der Waals surface area contributed by atoms with Gasteiger partial charge in [0.2, 0.25) is 0 Å². The number of fused-ring (bicyclic) bond motifs is 1. The van der Waals surface area contributed by atoms with Crippen molar-refractivity contribution < 1.29 is 27.8 Å². The molecule has 11 heteroatoms. The van der Waals surface area contributed by atoms with Crippen LogP contribution < -0.4 is 25.0 Å². The third kappa shape index (κ3) is 7.49. The molecule has 2 N–H and O–H groups in total. The third-order valence-corrected chi connectivity index (χ3v) is 6.72. The van der Waals surface area contributed by atoms with Gasteiger partial charge in [-0.1, -0.05) is 12.1 Å². The van der Waals surface area contributed by atoms with Gasteiger partial charge in [-0.25, -0.2) is 19.0 Å². The quantitative estimate of drug-likeness (QED) is 0.123. The first-order valence-electron chi connectivity index (χ1n) is 13.6. The first-order chi connectivity index (χ1) is 20.5. The average Bonchev–Trinajstić information content (AvgIpc) is 3.51. The van der Waals surface area contributed by atoms with Gasteiger partial charge in [0.15, 0.2) is 23.1 Å². The standard InChI is InChI=1S/C31H31F2N5O4/c1-40-29-18-24-26(19-30(29)41-16-4-15-38-13-2-3-14-38)34-12-11-27(24)42-28-10-9-23(17-25(28)33)36-31(39)37-35-20-21-5-7-22(32)8-6-21/h5-12,17-20H,2-4,13-16H2,1H3,(H2,36,37,39)/b35-20+. The van der Waals surface area contributed by atoms with Crippen LogP contribution in [0.3, 0.4) is 0 Å². The van der Waals surface area contributed by atoms with Crippen molar-refractivity contribution in [3.05, 3.63) is 84.1 Å². The molecule has 1 aliphatic rings. The largest absolute Gasteiger partial charge is 0.493 e. The minimum atomic E-state index is -0.683. The van der Waals surface area contributed by atoms with E-state index in [4.69, 9.17) is 14.2 Å². The number of aromatic nitrogens is 1. The molecule has 1 fully saturated rings. The van der Waals surface area contributed by atoms with Gasteiger partial charge >= 0.3 is 6.03 Å². The molecule has 0 atom stereocenters. The number of halogens is 2. The number of amides is 2. The van der Waals surface area contributed by atoms with Crippen LogP contribution in [0.5, 0.6) is 23.0 Å². The van der Waals surface area contributed by atoms with Crippen LogP contribution in [-0.2, 0) is 0 Å². The zero-order valence-corrected chi connectivity index (χ0v) is 23.1. The van der Waals surface area contributed by atoms with Crippen LogP contribution >= 0.6 is 0 Å². The first kappa shape index (κ1) is 28.7. The molecular weight excluding hydrogens is 544 g/mol. The summed E-state index contributed by atoms with van der Waals surface area (Å²) >= 11 is 0. The molecule has 2 heterocycles. The van der Waals surface area contributed by atoms with Crippen molar-refractivity contribution in [3.63, 3.8) is 0 Å². The summed E-state index contributed by atoms with van der Waals surface area (Å²) in [4.78, 5) is 19.0. The Morgan fingerprint density at radius 2 is 1.81 bits per heavy atom. The Morgan fingerprint density at radius 3 is 2.57 bits per heavy atom. The highest BCUT2D eigenvalue weighted by Crippen LogP contribution is 2.38. The topological polar surface area (TPSA) is 97.3 Å².